The lowest BCUT2D eigenvalue weighted by Gasteiger charge is -2.08. The Hall–Kier alpha value is -2.09. The zero-order valence-electron chi connectivity index (χ0n) is 13.8. The second-order valence-electron chi connectivity index (χ2n) is 5.09. The lowest BCUT2D eigenvalue weighted by molar-refractivity contribution is 0.0472. The quantitative estimate of drug-likeness (QED) is 0.434. The van der Waals surface area contributed by atoms with Crippen molar-refractivity contribution >= 4 is 27.8 Å². The number of nitrogens with one attached hydrogen (secondary N) is 1. The molecule has 0 radical (unpaired) electrons. The molecule has 0 unspecified atom stereocenters. The average molecular weight is 377 g/mol. The highest BCUT2D eigenvalue weighted by Crippen LogP contribution is 2.16. The summed E-state index contributed by atoms with van der Waals surface area (Å²) < 4.78 is 31.8. The first kappa shape index (κ1) is 19.2. The van der Waals surface area contributed by atoms with E-state index in [2.05, 4.69) is 11.3 Å². The van der Waals surface area contributed by atoms with Crippen LogP contribution in [-0.2, 0) is 21.4 Å². The third kappa shape index (κ3) is 5.45. The molecular weight excluding hydrogens is 358 g/mol. The number of sulfonamides is 1. The molecule has 0 spiro atoms. The number of hydrogen-bond acceptors (Lipinski definition) is 5. The maximum absolute atomic E-state index is 12.2. The van der Waals surface area contributed by atoms with E-state index in [1.807, 2.05) is 30.5 Å². The highest BCUT2D eigenvalue weighted by molar-refractivity contribution is 7.98. The molecule has 2 rings (SSSR count). The van der Waals surface area contributed by atoms with Gasteiger partial charge in [-0.25, -0.2) is 17.9 Å². The molecule has 0 atom stereocenters. The molecule has 0 aliphatic carbocycles. The fraction of sp³-hybridized carbons (Fsp3) is 0.167. The molecule has 25 heavy (non-hydrogen) atoms. The van der Waals surface area contributed by atoms with E-state index in [0.717, 1.165) is 10.5 Å². The van der Waals surface area contributed by atoms with E-state index in [9.17, 15) is 13.2 Å². The number of carbonyl (C=O) groups is 1. The van der Waals surface area contributed by atoms with Crippen molar-refractivity contribution in [1.82, 2.24) is 4.72 Å². The van der Waals surface area contributed by atoms with Crippen LogP contribution in [0, 0.1) is 0 Å². The Kier molecular flexibility index (Phi) is 6.81. The van der Waals surface area contributed by atoms with E-state index < -0.39 is 16.0 Å². The van der Waals surface area contributed by atoms with Crippen LogP contribution in [0.3, 0.4) is 0 Å². The molecule has 0 aliphatic rings. The van der Waals surface area contributed by atoms with Crippen LogP contribution in [0.4, 0.5) is 0 Å². The number of hydrogen-bond donors (Lipinski definition) is 1. The van der Waals surface area contributed by atoms with Crippen molar-refractivity contribution in [2.45, 2.75) is 16.4 Å². The van der Waals surface area contributed by atoms with Crippen LogP contribution < -0.4 is 4.72 Å². The fourth-order valence-corrected chi connectivity index (χ4v) is 3.45. The molecule has 1 N–H and O–H groups in total. The molecule has 0 bridgehead atoms. The van der Waals surface area contributed by atoms with Crippen LogP contribution in [-0.4, -0.2) is 27.2 Å². The molecule has 0 saturated carbocycles. The maximum atomic E-state index is 12.2. The minimum Gasteiger partial charge on any atom is -0.457 e. The predicted octanol–water partition coefficient (Wildman–Crippen LogP) is 3.23. The highest BCUT2D eigenvalue weighted by Gasteiger charge is 2.16. The van der Waals surface area contributed by atoms with Gasteiger partial charge in [0.1, 0.15) is 6.61 Å². The number of esters is 1. The molecule has 0 saturated heterocycles. The minimum absolute atomic E-state index is 0.00752. The molecule has 2 aromatic carbocycles. The Morgan fingerprint density at radius 3 is 2.60 bits per heavy atom. The van der Waals surface area contributed by atoms with Crippen LogP contribution in [0.25, 0.3) is 0 Å². The van der Waals surface area contributed by atoms with Gasteiger partial charge in [0, 0.05) is 11.4 Å². The van der Waals surface area contributed by atoms with Gasteiger partial charge in [0.05, 0.1) is 10.5 Å². The van der Waals surface area contributed by atoms with Crippen LogP contribution in [0.15, 0.2) is 71.0 Å². The van der Waals surface area contributed by atoms with E-state index >= 15 is 0 Å². The third-order valence-corrected chi connectivity index (χ3v) is 5.49. The molecule has 0 aliphatic heterocycles. The molecule has 5 nitrogen and oxygen atoms in total. The summed E-state index contributed by atoms with van der Waals surface area (Å²) in [5.41, 5.74) is 1.05. The number of thioether (sulfide) groups is 1. The van der Waals surface area contributed by atoms with Gasteiger partial charge in [-0.15, -0.1) is 18.3 Å². The molecule has 132 valence electrons. The number of rotatable bonds is 8. The smallest absolute Gasteiger partial charge is 0.338 e. The molecule has 2 aromatic rings. The Bertz CT molecular complexity index is 846. The van der Waals surface area contributed by atoms with Crippen molar-refractivity contribution in [3.8, 4) is 0 Å². The van der Waals surface area contributed by atoms with Crippen LogP contribution >= 0.6 is 11.8 Å². The lowest BCUT2D eigenvalue weighted by atomic mass is 10.2. The van der Waals surface area contributed by atoms with E-state index in [-0.39, 0.29) is 23.6 Å². The highest BCUT2D eigenvalue weighted by atomic mass is 32.2. The minimum atomic E-state index is -3.68. The summed E-state index contributed by atoms with van der Waals surface area (Å²) in [4.78, 5) is 13.3. The monoisotopic (exact) mass is 377 g/mol. The fourth-order valence-electron chi connectivity index (χ4n) is 2.00. The van der Waals surface area contributed by atoms with Gasteiger partial charge in [-0.2, -0.15) is 0 Å². The summed E-state index contributed by atoms with van der Waals surface area (Å²) in [5, 5.41) is 0. The average Bonchev–Trinajstić information content (AvgIpc) is 2.65. The molecule has 0 heterocycles. The summed E-state index contributed by atoms with van der Waals surface area (Å²) in [6, 6.07) is 13.4. The summed E-state index contributed by atoms with van der Waals surface area (Å²) in [6.45, 7) is 3.70. The van der Waals surface area contributed by atoms with Crippen molar-refractivity contribution in [2.24, 2.45) is 0 Å². The van der Waals surface area contributed by atoms with Gasteiger partial charge in [0.2, 0.25) is 10.0 Å². The zero-order chi connectivity index (χ0) is 18.3. The van der Waals surface area contributed by atoms with E-state index in [1.165, 1.54) is 30.3 Å². The summed E-state index contributed by atoms with van der Waals surface area (Å²) in [5.74, 6) is -0.574. The summed E-state index contributed by atoms with van der Waals surface area (Å²) in [6.07, 6.45) is 3.43. The number of carbonyl (C=O) groups excluding carboxylic acids is 1. The second kappa shape index (κ2) is 8.84. The van der Waals surface area contributed by atoms with E-state index in [4.69, 9.17) is 4.74 Å². The largest absolute Gasteiger partial charge is 0.457 e. The molecular formula is C18H19NO4S2. The van der Waals surface area contributed by atoms with Crippen LogP contribution in [0.2, 0.25) is 0 Å². The first-order valence-electron chi connectivity index (χ1n) is 7.47. The van der Waals surface area contributed by atoms with Gasteiger partial charge in [0.15, 0.2) is 0 Å². The van der Waals surface area contributed by atoms with Crippen molar-refractivity contribution < 1.29 is 17.9 Å². The number of ether oxygens (including phenoxy) is 1. The van der Waals surface area contributed by atoms with E-state index in [0.29, 0.717) is 0 Å². The topological polar surface area (TPSA) is 72.5 Å². The summed E-state index contributed by atoms with van der Waals surface area (Å²) >= 11 is 1.63. The first-order valence-corrected chi connectivity index (χ1v) is 10.2. The summed E-state index contributed by atoms with van der Waals surface area (Å²) in [7, 11) is -3.68. The Labute approximate surface area is 152 Å². The first-order chi connectivity index (χ1) is 12.0. The van der Waals surface area contributed by atoms with Gasteiger partial charge >= 0.3 is 5.97 Å². The van der Waals surface area contributed by atoms with Crippen molar-refractivity contribution in [3.63, 3.8) is 0 Å². The van der Waals surface area contributed by atoms with Crippen LogP contribution in [0.5, 0.6) is 0 Å². The normalized spacial score (nSPS) is 11.1. The molecule has 7 heteroatoms. The zero-order valence-corrected chi connectivity index (χ0v) is 15.4. The predicted molar refractivity (Wildman–Crippen MR) is 99.2 cm³/mol. The molecule has 0 fully saturated rings. The maximum Gasteiger partial charge on any atom is 0.338 e. The Morgan fingerprint density at radius 2 is 1.96 bits per heavy atom. The SMILES string of the molecule is C=CCNS(=O)(=O)c1cccc(C(=O)OCc2ccc(SC)cc2)c1. The van der Waals surface area contributed by atoms with Gasteiger partial charge in [0.25, 0.3) is 0 Å². The van der Waals surface area contributed by atoms with Crippen molar-refractivity contribution in [2.75, 3.05) is 12.8 Å². The van der Waals surface area contributed by atoms with Gasteiger partial charge in [-0.05, 0) is 42.2 Å². The lowest BCUT2D eigenvalue weighted by Crippen LogP contribution is -2.23. The van der Waals surface area contributed by atoms with Crippen molar-refractivity contribution in [3.05, 3.63) is 72.3 Å². The third-order valence-electron chi connectivity index (χ3n) is 3.33. The standard InChI is InChI=1S/C18H19NO4S2/c1-3-11-19-25(21,22)17-6-4-5-15(12-17)18(20)23-13-14-7-9-16(24-2)10-8-14/h3-10,12,19H,1,11,13H2,2H3. The molecule has 0 aromatic heterocycles. The number of benzene rings is 2. The van der Waals surface area contributed by atoms with E-state index in [1.54, 1.807) is 11.8 Å². The molecule has 0 amide bonds. The van der Waals surface area contributed by atoms with Gasteiger partial charge in [-0.1, -0.05) is 24.3 Å². The Morgan fingerprint density at radius 1 is 1.24 bits per heavy atom. The van der Waals surface area contributed by atoms with Crippen molar-refractivity contribution in [1.29, 1.82) is 0 Å². The van der Waals surface area contributed by atoms with Gasteiger partial charge < -0.3 is 4.74 Å². The Balaban J connectivity index is 2.06. The van der Waals surface area contributed by atoms with Crippen LogP contribution in [0.1, 0.15) is 15.9 Å². The second-order valence-corrected chi connectivity index (χ2v) is 7.74. The van der Waals surface area contributed by atoms with Gasteiger partial charge in [-0.3, -0.25) is 0 Å².